The smallest absolute Gasteiger partial charge is 0.241 e. The first kappa shape index (κ1) is 15.2. The second-order valence-corrected chi connectivity index (χ2v) is 7.62. The fourth-order valence-corrected chi connectivity index (χ4v) is 3.03. The number of hydrogen-bond donors (Lipinski definition) is 0. The summed E-state index contributed by atoms with van der Waals surface area (Å²) >= 11 is 0. The molecule has 3 rings (SSSR count). The lowest BCUT2D eigenvalue weighted by atomic mass is 10.2. The van der Waals surface area contributed by atoms with Gasteiger partial charge in [-0.25, -0.2) is 8.42 Å². The molecule has 0 aliphatic heterocycles. The SMILES string of the molecule is CCN(Cc1nc(-c2ccc(S(C)(=O)=O)cc2)no1)C1CC1. The molecule has 118 valence electrons. The van der Waals surface area contributed by atoms with Crippen LogP contribution in [0.2, 0.25) is 0 Å². The molecule has 0 amide bonds. The van der Waals surface area contributed by atoms with E-state index in [9.17, 15) is 8.42 Å². The molecular formula is C15H19N3O3S. The van der Waals surface area contributed by atoms with Gasteiger partial charge in [0.2, 0.25) is 11.7 Å². The fourth-order valence-electron chi connectivity index (χ4n) is 2.40. The number of sulfone groups is 1. The molecule has 0 atom stereocenters. The van der Waals surface area contributed by atoms with Crippen molar-refractivity contribution in [3.8, 4) is 11.4 Å². The minimum Gasteiger partial charge on any atom is -0.338 e. The van der Waals surface area contributed by atoms with E-state index in [2.05, 4.69) is 22.0 Å². The quantitative estimate of drug-likeness (QED) is 0.811. The maximum Gasteiger partial charge on any atom is 0.241 e. The highest BCUT2D eigenvalue weighted by molar-refractivity contribution is 7.90. The molecule has 0 bridgehead atoms. The van der Waals surface area contributed by atoms with Gasteiger partial charge >= 0.3 is 0 Å². The summed E-state index contributed by atoms with van der Waals surface area (Å²) in [7, 11) is -3.19. The lowest BCUT2D eigenvalue weighted by molar-refractivity contribution is 0.227. The predicted octanol–water partition coefficient (Wildman–Crippen LogP) is 2.12. The molecule has 1 fully saturated rings. The third kappa shape index (κ3) is 3.36. The molecule has 0 N–H and O–H groups in total. The summed E-state index contributed by atoms with van der Waals surface area (Å²) in [6.45, 7) is 3.75. The van der Waals surface area contributed by atoms with Crippen LogP contribution in [0, 0.1) is 0 Å². The van der Waals surface area contributed by atoms with Crippen molar-refractivity contribution in [2.24, 2.45) is 0 Å². The van der Waals surface area contributed by atoms with E-state index in [1.165, 1.54) is 19.1 Å². The van der Waals surface area contributed by atoms with Crippen molar-refractivity contribution in [2.45, 2.75) is 37.2 Å². The second kappa shape index (κ2) is 5.81. The molecule has 1 aliphatic carbocycles. The summed E-state index contributed by atoms with van der Waals surface area (Å²) in [6.07, 6.45) is 3.66. The van der Waals surface area contributed by atoms with Gasteiger partial charge in [0.15, 0.2) is 9.84 Å². The van der Waals surface area contributed by atoms with Gasteiger partial charge < -0.3 is 4.52 Å². The van der Waals surface area contributed by atoms with Gasteiger partial charge in [0.1, 0.15) is 0 Å². The van der Waals surface area contributed by atoms with Crippen LogP contribution >= 0.6 is 0 Å². The van der Waals surface area contributed by atoms with E-state index in [1.54, 1.807) is 24.3 Å². The Morgan fingerprint density at radius 2 is 1.95 bits per heavy atom. The van der Waals surface area contributed by atoms with Gasteiger partial charge in [0, 0.05) is 17.9 Å². The Morgan fingerprint density at radius 1 is 1.27 bits per heavy atom. The van der Waals surface area contributed by atoms with Crippen molar-refractivity contribution in [2.75, 3.05) is 12.8 Å². The van der Waals surface area contributed by atoms with Crippen LogP contribution in [0.25, 0.3) is 11.4 Å². The Labute approximate surface area is 130 Å². The third-order valence-electron chi connectivity index (χ3n) is 3.82. The summed E-state index contributed by atoms with van der Waals surface area (Å²) in [5.41, 5.74) is 0.747. The topological polar surface area (TPSA) is 76.3 Å². The number of rotatable bonds is 6. The Balaban J connectivity index is 1.75. The van der Waals surface area contributed by atoms with Gasteiger partial charge in [-0.3, -0.25) is 4.90 Å². The summed E-state index contributed by atoms with van der Waals surface area (Å²) in [5, 5.41) is 3.98. The monoisotopic (exact) mass is 321 g/mol. The van der Waals surface area contributed by atoms with Crippen LogP contribution in [0.3, 0.4) is 0 Å². The van der Waals surface area contributed by atoms with E-state index in [0.29, 0.717) is 24.3 Å². The number of nitrogens with zero attached hydrogens (tertiary/aromatic N) is 3. The van der Waals surface area contributed by atoms with Crippen LogP contribution in [0.4, 0.5) is 0 Å². The molecule has 0 unspecified atom stereocenters. The highest BCUT2D eigenvalue weighted by Crippen LogP contribution is 2.28. The molecule has 1 heterocycles. The zero-order valence-electron chi connectivity index (χ0n) is 12.7. The molecule has 1 aromatic carbocycles. The second-order valence-electron chi connectivity index (χ2n) is 5.60. The van der Waals surface area contributed by atoms with Crippen LogP contribution < -0.4 is 0 Å². The van der Waals surface area contributed by atoms with Crippen LogP contribution in [-0.4, -0.2) is 42.3 Å². The summed E-state index contributed by atoms with van der Waals surface area (Å²) in [6, 6.07) is 7.16. The van der Waals surface area contributed by atoms with E-state index in [4.69, 9.17) is 4.52 Å². The van der Waals surface area contributed by atoms with Crippen molar-refractivity contribution in [3.63, 3.8) is 0 Å². The van der Waals surface area contributed by atoms with Gasteiger partial charge in [0.05, 0.1) is 11.4 Å². The first-order valence-corrected chi connectivity index (χ1v) is 9.23. The normalized spacial score (nSPS) is 15.4. The van der Waals surface area contributed by atoms with Crippen LogP contribution in [-0.2, 0) is 16.4 Å². The standard InChI is InChI=1S/C15H19N3O3S/c1-3-18(12-6-7-12)10-14-16-15(17-21-14)11-4-8-13(9-5-11)22(2,19)20/h4-5,8-9,12H,3,6-7,10H2,1-2H3. The average molecular weight is 321 g/mol. The van der Waals surface area contributed by atoms with Gasteiger partial charge in [-0.15, -0.1) is 0 Å². The largest absolute Gasteiger partial charge is 0.338 e. The van der Waals surface area contributed by atoms with E-state index in [1.807, 2.05) is 0 Å². The lowest BCUT2D eigenvalue weighted by Gasteiger charge is -2.16. The maximum absolute atomic E-state index is 11.5. The third-order valence-corrected chi connectivity index (χ3v) is 4.95. The van der Waals surface area contributed by atoms with Gasteiger partial charge in [-0.1, -0.05) is 12.1 Å². The Morgan fingerprint density at radius 3 is 2.50 bits per heavy atom. The van der Waals surface area contributed by atoms with Gasteiger partial charge in [0.25, 0.3) is 0 Å². The molecule has 0 spiro atoms. The molecule has 1 aromatic heterocycles. The van der Waals surface area contributed by atoms with Gasteiger partial charge in [-0.05, 0) is 43.7 Å². The maximum atomic E-state index is 11.5. The minimum atomic E-state index is -3.19. The predicted molar refractivity (Wildman–Crippen MR) is 81.9 cm³/mol. The number of benzene rings is 1. The van der Waals surface area contributed by atoms with E-state index < -0.39 is 9.84 Å². The Hall–Kier alpha value is -1.73. The molecule has 1 saturated carbocycles. The Bertz CT molecular complexity index is 749. The molecule has 22 heavy (non-hydrogen) atoms. The molecule has 1 aliphatic rings. The molecule has 2 aromatic rings. The lowest BCUT2D eigenvalue weighted by Crippen LogP contribution is -2.25. The molecule has 7 heteroatoms. The van der Waals surface area contributed by atoms with Crippen LogP contribution in [0.1, 0.15) is 25.7 Å². The van der Waals surface area contributed by atoms with Crippen molar-refractivity contribution in [1.82, 2.24) is 15.0 Å². The molecule has 6 nitrogen and oxygen atoms in total. The van der Waals surface area contributed by atoms with Crippen molar-refractivity contribution < 1.29 is 12.9 Å². The van der Waals surface area contributed by atoms with Gasteiger partial charge in [-0.2, -0.15) is 4.98 Å². The first-order valence-electron chi connectivity index (χ1n) is 7.34. The Kier molecular flexibility index (Phi) is 4.01. The fraction of sp³-hybridized carbons (Fsp3) is 0.467. The number of hydrogen-bond acceptors (Lipinski definition) is 6. The van der Waals surface area contributed by atoms with E-state index in [0.717, 1.165) is 12.1 Å². The zero-order valence-corrected chi connectivity index (χ0v) is 13.5. The van der Waals surface area contributed by atoms with Crippen LogP contribution in [0.5, 0.6) is 0 Å². The molecule has 0 saturated heterocycles. The summed E-state index contributed by atoms with van der Waals surface area (Å²) < 4.78 is 28.2. The summed E-state index contributed by atoms with van der Waals surface area (Å²) in [5.74, 6) is 1.08. The minimum absolute atomic E-state index is 0.283. The molecular weight excluding hydrogens is 302 g/mol. The summed E-state index contributed by atoms with van der Waals surface area (Å²) in [4.78, 5) is 7.01. The van der Waals surface area contributed by atoms with E-state index in [-0.39, 0.29) is 4.90 Å². The highest BCUT2D eigenvalue weighted by Gasteiger charge is 2.29. The van der Waals surface area contributed by atoms with Crippen molar-refractivity contribution >= 4 is 9.84 Å². The van der Waals surface area contributed by atoms with Crippen molar-refractivity contribution in [1.29, 1.82) is 0 Å². The van der Waals surface area contributed by atoms with Crippen LogP contribution in [0.15, 0.2) is 33.7 Å². The average Bonchev–Trinajstić information content (AvgIpc) is 3.23. The van der Waals surface area contributed by atoms with E-state index >= 15 is 0 Å². The van der Waals surface area contributed by atoms with Crippen molar-refractivity contribution in [3.05, 3.63) is 30.2 Å². The highest BCUT2D eigenvalue weighted by atomic mass is 32.2. The number of aromatic nitrogens is 2. The first-order chi connectivity index (χ1) is 10.5. The zero-order chi connectivity index (χ0) is 15.7. The molecule has 0 radical (unpaired) electrons.